The molecule has 118 valence electrons. The first-order valence-corrected chi connectivity index (χ1v) is 7.62. The van der Waals surface area contributed by atoms with Crippen LogP contribution in [0, 0.1) is 0 Å². The lowest BCUT2D eigenvalue weighted by Gasteiger charge is -2.30. The second kappa shape index (κ2) is 5.46. The first-order chi connectivity index (χ1) is 11.2. The van der Waals surface area contributed by atoms with Crippen LogP contribution in [0.2, 0.25) is 0 Å². The van der Waals surface area contributed by atoms with Gasteiger partial charge in [0, 0.05) is 13.1 Å². The molecule has 0 radical (unpaired) electrons. The van der Waals surface area contributed by atoms with Gasteiger partial charge in [-0.25, -0.2) is 4.79 Å². The molecule has 0 saturated carbocycles. The topological polar surface area (TPSA) is 63.0 Å². The Morgan fingerprint density at radius 1 is 1.13 bits per heavy atom. The zero-order valence-corrected chi connectivity index (χ0v) is 12.5. The van der Waals surface area contributed by atoms with Gasteiger partial charge in [-0.2, -0.15) is 0 Å². The first-order valence-electron chi connectivity index (χ1n) is 7.62. The smallest absolute Gasteiger partial charge is 0.414 e. The highest BCUT2D eigenvalue weighted by Gasteiger charge is 2.30. The fourth-order valence-corrected chi connectivity index (χ4v) is 3.18. The molecule has 0 atom stereocenters. The third kappa shape index (κ3) is 2.36. The van der Waals surface area contributed by atoms with E-state index < -0.39 is 0 Å². The molecule has 2 amide bonds. The van der Waals surface area contributed by atoms with E-state index in [-0.39, 0.29) is 12.0 Å². The average molecular weight is 312 g/mol. The molecule has 2 aliphatic heterocycles. The number of fused-ring (bicyclic) bond motifs is 1. The van der Waals surface area contributed by atoms with E-state index in [0.717, 1.165) is 16.8 Å². The van der Waals surface area contributed by atoms with Gasteiger partial charge in [-0.05, 0) is 35.7 Å². The van der Waals surface area contributed by atoms with Crippen LogP contribution in [-0.4, -0.2) is 36.6 Å². The first kappa shape index (κ1) is 13.9. The normalized spacial score (nSPS) is 17.1. The summed E-state index contributed by atoms with van der Waals surface area (Å²) >= 11 is 0. The standard InChI is InChI=1S/C17H16N2O4/c20-16(15-5-2-9-22-15)18-7-6-13-12(11-18)3-1-4-14(13)19-8-10-23-17(19)21/h1-5,9H,6-8,10-11H2. The monoisotopic (exact) mass is 312 g/mol. The molecule has 4 rings (SSSR count). The van der Waals surface area contributed by atoms with E-state index in [1.807, 2.05) is 18.2 Å². The van der Waals surface area contributed by atoms with E-state index >= 15 is 0 Å². The summed E-state index contributed by atoms with van der Waals surface area (Å²) in [5.41, 5.74) is 3.08. The van der Waals surface area contributed by atoms with Crippen LogP contribution >= 0.6 is 0 Å². The summed E-state index contributed by atoms with van der Waals surface area (Å²) in [7, 11) is 0. The van der Waals surface area contributed by atoms with E-state index in [0.29, 0.717) is 38.4 Å². The molecular weight excluding hydrogens is 296 g/mol. The quantitative estimate of drug-likeness (QED) is 0.854. The maximum atomic E-state index is 12.4. The molecule has 0 bridgehead atoms. The van der Waals surface area contributed by atoms with Gasteiger partial charge >= 0.3 is 6.09 Å². The lowest BCUT2D eigenvalue weighted by Crippen LogP contribution is -2.37. The number of hydrogen-bond donors (Lipinski definition) is 0. The highest BCUT2D eigenvalue weighted by atomic mass is 16.6. The van der Waals surface area contributed by atoms with E-state index in [2.05, 4.69) is 0 Å². The molecule has 2 aliphatic rings. The number of ether oxygens (including phenoxy) is 1. The lowest BCUT2D eigenvalue weighted by molar-refractivity contribution is 0.0702. The number of hydrogen-bond acceptors (Lipinski definition) is 4. The Balaban J connectivity index is 1.61. The molecule has 1 fully saturated rings. The van der Waals surface area contributed by atoms with Crippen molar-refractivity contribution < 1.29 is 18.7 Å². The van der Waals surface area contributed by atoms with E-state index in [9.17, 15) is 9.59 Å². The van der Waals surface area contributed by atoms with Crippen LogP contribution in [0.4, 0.5) is 10.5 Å². The number of nitrogens with zero attached hydrogens (tertiary/aromatic N) is 2. The van der Waals surface area contributed by atoms with Crippen molar-refractivity contribution in [3.8, 4) is 0 Å². The number of benzene rings is 1. The van der Waals surface area contributed by atoms with E-state index in [1.54, 1.807) is 21.9 Å². The molecule has 23 heavy (non-hydrogen) atoms. The summed E-state index contributed by atoms with van der Waals surface area (Å²) < 4.78 is 10.2. The van der Waals surface area contributed by atoms with Crippen molar-refractivity contribution in [1.82, 2.24) is 4.90 Å². The van der Waals surface area contributed by atoms with Gasteiger partial charge in [-0.15, -0.1) is 0 Å². The van der Waals surface area contributed by atoms with Crippen molar-refractivity contribution in [3.63, 3.8) is 0 Å². The second-order valence-corrected chi connectivity index (χ2v) is 5.63. The van der Waals surface area contributed by atoms with Crippen LogP contribution in [-0.2, 0) is 17.7 Å². The van der Waals surface area contributed by atoms with Crippen molar-refractivity contribution in [3.05, 3.63) is 53.5 Å². The van der Waals surface area contributed by atoms with Gasteiger partial charge < -0.3 is 14.1 Å². The Kier molecular flexibility index (Phi) is 3.29. The Hall–Kier alpha value is -2.76. The molecule has 0 spiro atoms. The molecule has 0 N–H and O–H groups in total. The van der Waals surface area contributed by atoms with Gasteiger partial charge in [-0.3, -0.25) is 9.69 Å². The summed E-state index contributed by atoms with van der Waals surface area (Å²) in [5, 5.41) is 0. The van der Waals surface area contributed by atoms with Crippen LogP contribution in [0.5, 0.6) is 0 Å². The number of cyclic esters (lactones) is 1. The number of furan rings is 1. The molecular formula is C17H16N2O4. The van der Waals surface area contributed by atoms with E-state index in [4.69, 9.17) is 9.15 Å². The van der Waals surface area contributed by atoms with Crippen LogP contribution in [0.25, 0.3) is 0 Å². The number of rotatable bonds is 2. The predicted molar refractivity (Wildman–Crippen MR) is 82.3 cm³/mol. The molecule has 0 unspecified atom stereocenters. The molecule has 2 aromatic rings. The largest absolute Gasteiger partial charge is 0.459 e. The number of anilines is 1. The zero-order valence-electron chi connectivity index (χ0n) is 12.5. The molecule has 1 aromatic heterocycles. The van der Waals surface area contributed by atoms with Crippen LogP contribution < -0.4 is 4.90 Å². The predicted octanol–water partition coefficient (Wildman–Crippen LogP) is 2.43. The zero-order chi connectivity index (χ0) is 15.8. The van der Waals surface area contributed by atoms with Crippen LogP contribution in [0.15, 0.2) is 41.0 Å². The highest BCUT2D eigenvalue weighted by Crippen LogP contribution is 2.31. The number of carbonyl (C=O) groups excluding carboxylic acids is 2. The third-order valence-corrected chi connectivity index (χ3v) is 4.31. The van der Waals surface area contributed by atoms with E-state index in [1.165, 1.54) is 6.26 Å². The van der Waals surface area contributed by atoms with Gasteiger partial charge in [0.25, 0.3) is 5.91 Å². The molecule has 3 heterocycles. The summed E-state index contributed by atoms with van der Waals surface area (Å²) in [5.74, 6) is 0.249. The summed E-state index contributed by atoms with van der Waals surface area (Å²) in [6, 6.07) is 9.24. The minimum Gasteiger partial charge on any atom is -0.459 e. The Labute approximate surface area is 133 Å². The van der Waals surface area contributed by atoms with Crippen molar-refractivity contribution in [2.24, 2.45) is 0 Å². The Bertz CT molecular complexity index is 754. The summed E-state index contributed by atoms with van der Waals surface area (Å²) in [6.07, 6.45) is 1.91. The summed E-state index contributed by atoms with van der Waals surface area (Å²) in [4.78, 5) is 27.7. The highest BCUT2D eigenvalue weighted by molar-refractivity contribution is 5.92. The summed E-state index contributed by atoms with van der Waals surface area (Å²) in [6.45, 7) is 2.12. The van der Waals surface area contributed by atoms with Crippen molar-refractivity contribution in [2.45, 2.75) is 13.0 Å². The van der Waals surface area contributed by atoms with Gasteiger partial charge in [0.15, 0.2) is 5.76 Å². The fraction of sp³-hybridized carbons (Fsp3) is 0.294. The SMILES string of the molecule is O=C(c1ccco1)N1CCc2c(cccc2N2CCOC2=O)C1. The van der Waals surface area contributed by atoms with Crippen molar-refractivity contribution in [2.75, 3.05) is 24.6 Å². The van der Waals surface area contributed by atoms with Crippen molar-refractivity contribution in [1.29, 1.82) is 0 Å². The van der Waals surface area contributed by atoms with Gasteiger partial charge in [0.05, 0.1) is 18.5 Å². The second-order valence-electron chi connectivity index (χ2n) is 5.63. The molecule has 6 heteroatoms. The fourth-order valence-electron chi connectivity index (χ4n) is 3.18. The maximum absolute atomic E-state index is 12.4. The maximum Gasteiger partial charge on any atom is 0.414 e. The average Bonchev–Trinajstić information content (AvgIpc) is 3.24. The minimum absolute atomic E-state index is 0.105. The lowest BCUT2D eigenvalue weighted by atomic mass is 9.97. The Morgan fingerprint density at radius 2 is 2.04 bits per heavy atom. The van der Waals surface area contributed by atoms with Crippen LogP contribution in [0.1, 0.15) is 21.7 Å². The number of amides is 2. The molecule has 1 aromatic carbocycles. The molecule has 1 saturated heterocycles. The third-order valence-electron chi connectivity index (χ3n) is 4.31. The van der Waals surface area contributed by atoms with Gasteiger partial charge in [0.2, 0.25) is 0 Å². The van der Waals surface area contributed by atoms with Crippen LogP contribution in [0.3, 0.4) is 0 Å². The van der Waals surface area contributed by atoms with Crippen molar-refractivity contribution >= 4 is 17.7 Å². The Morgan fingerprint density at radius 3 is 2.78 bits per heavy atom. The van der Waals surface area contributed by atoms with Gasteiger partial charge in [0.1, 0.15) is 6.61 Å². The van der Waals surface area contributed by atoms with Gasteiger partial charge in [-0.1, -0.05) is 12.1 Å². The molecule has 6 nitrogen and oxygen atoms in total. The number of carbonyl (C=O) groups is 2. The minimum atomic E-state index is -0.299. The molecule has 0 aliphatic carbocycles.